The Hall–Kier alpha value is -2.12. The van der Waals surface area contributed by atoms with Crippen LogP contribution < -0.4 is 15.6 Å². The van der Waals surface area contributed by atoms with Gasteiger partial charge >= 0.3 is 0 Å². The van der Waals surface area contributed by atoms with Crippen molar-refractivity contribution in [2.75, 3.05) is 5.73 Å². The molecule has 19 heavy (non-hydrogen) atoms. The third-order valence-corrected chi connectivity index (χ3v) is 3.23. The molecule has 0 atom stereocenters. The van der Waals surface area contributed by atoms with Crippen LogP contribution in [0.4, 0.5) is 10.1 Å². The Morgan fingerprint density at radius 1 is 1.11 bits per heavy atom. The summed E-state index contributed by atoms with van der Waals surface area (Å²) in [5, 5.41) is 5.07. The van der Waals surface area contributed by atoms with Crippen molar-refractivity contribution in [1.29, 1.82) is 0 Å². The summed E-state index contributed by atoms with van der Waals surface area (Å²) in [7, 11) is -3.98. The molecule has 0 heterocycles. The van der Waals surface area contributed by atoms with E-state index < -0.39 is 15.8 Å². The van der Waals surface area contributed by atoms with E-state index in [0.717, 1.165) is 6.07 Å². The predicted octanol–water partition coefficient (Wildman–Crippen LogP) is 1.85. The molecule has 0 unspecified atom stereocenters. The summed E-state index contributed by atoms with van der Waals surface area (Å²) < 4.78 is 41.2. The summed E-state index contributed by atoms with van der Waals surface area (Å²) in [6.45, 7) is 0. The predicted molar refractivity (Wildman–Crippen MR) is 68.7 cm³/mol. The van der Waals surface area contributed by atoms with E-state index in [1.54, 1.807) is 0 Å². The van der Waals surface area contributed by atoms with Crippen LogP contribution in [-0.2, 0) is 10.0 Å². The van der Waals surface area contributed by atoms with Crippen LogP contribution in [0.25, 0.3) is 0 Å². The van der Waals surface area contributed by atoms with Gasteiger partial charge in [-0.3, -0.25) is 0 Å². The van der Waals surface area contributed by atoms with Crippen LogP contribution in [0, 0.1) is 5.82 Å². The van der Waals surface area contributed by atoms with Crippen molar-refractivity contribution in [1.82, 2.24) is 0 Å². The zero-order valence-electron chi connectivity index (χ0n) is 9.71. The van der Waals surface area contributed by atoms with Crippen LogP contribution in [0.15, 0.2) is 47.4 Å². The second-order valence-corrected chi connectivity index (χ2v) is 5.34. The molecule has 5 nitrogen and oxygen atoms in total. The summed E-state index contributed by atoms with van der Waals surface area (Å²) in [6.07, 6.45) is 0. The Morgan fingerprint density at radius 3 is 2.47 bits per heavy atom. The maximum Gasteiger partial charge on any atom is 0.241 e. The Kier molecular flexibility index (Phi) is 3.41. The molecule has 4 N–H and O–H groups in total. The molecule has 100 valence electrons. The number of hydrogen-bond donors (Lipinski definition) is 2. The molecular formula is C12H11FN2O3S. The number of nitrogen functional groups attached to an aromatic ring is 1. The van der Waals surface area contributed by atoms with Gasteiger partial charge in [-0.2, -0.15) is 0 Å². The van der Waals surface area contributed by atoms with Crippen LogP contribution in [0.5, 0.6) is 11.5 Å². The second-order valence-electron chi connectivity index (χ2n) is 3.81. The second kappa shape index (κ2) is 4.87. The maximum atomic E-state index is 13.0. The van der Waals surface area contributed by atoms with Crippen LogP contribution in [0.3, 0.4) is 0 Å². The molecule has 2 aromatic rings. The van der Waals surface area contributed by atoms with E-state index in [0.29, 0.717) is 0 Å². The summed E-state index contributed by atoms with van der Waals surface area (Å²) >= 11 is 0. The highest BCUT2D eigenvalue weighted by Gasteiger charge is 2.16. The molecule has 0 saturated carbocycles. The highest BCUT2D eigenvalue weighted by Crippen LogP contribution is 2.29. The van der Waals surface area contributed by atoms with E-state index in [2.05, 4.69) is 0 Å². The van der Waals surface area contributed by atoms with Crippen molar-refractivity contribution in [3.63, 3.8) is 0 Å². The first-order valence-corrected chi connectivity index (χ1v) is 6.76. The molecule has 0 bridgehead atoms. The highest BCUT2D eigenvalue weighted by molar-refractivity contribution is 7.89. The van der Waals surface area contributed by atoms with Crippen molar-refractivity contribution >= 4 is 15.7 Å². The lowest BCUT2D eigenvalue weighted by Gasteiger charge is -2.10. The summed E-state index contributed by atoms with van der Waals surface area (Å²) in [6, 6.07) is 9.32. The van der Waals surface area contributed by atoms with Crippen molar-refractivity contribution in [3.8, 4) is 11.5 Å². The van der Waals surface area contributed by atoms with Gasteiger partial charge in [0, 0.05) is 11.8 Å². The lowest BCUT2D eigenvalue weighted by Crippen LogP contribution is -2.13. The molecule has 0 aliphatic heterocycles. The van der Waals surface area contributed by atoms with E-state index in [1.807, 2.05) is 0 Å². The molecule has 0 aromatic heterocycles. The van der Waals surface area contributed by atoms with Crippen molar-refractivity contribution in [2.45, 2.75) is 4.90 Å². The van der Waals surface area contributed by atoms with Gasteiger partial charge in [0.2, 0.25) is 10.0 Å². The smallest absolute Gasteiger partial charge is 0.241 e. The SMILES string of the molecule is Nc1ccc(Oc2cccc(F)c2)c(S(N)(=O)=O)c1. The third-order valence-electron chi connectivity index (χ3n) is 2.30. The number of anilines is 1. The lowest BCUT2D eigenvalue weighted by molar-refractivity contribution is 0.463. The maximum absolute atomic E-state index is 13.0. The number of primary sulfonamides is 1. The first-order valence-electron chi connectivity index (χ1n) is 5.22. The quantitative estimate of drug-likeness (QED) is 0.840. The highest BCUT2D eigenvalue weighted by atomic mass is 32.2. The fourth-order valence-electron chi connectivity index (χ4n) is 1.49. The molecule has 0 radical (unpaired) electrons. The van der Waals surface area contributed by atoms with Gasteiger partial charge in [-0.25, -0.2) is 17.9 Å². The van der Waals surface area contributed by atoms with Crippen molar-refractivity contribution < 1.29 is 17.5 Å². The van der Waals surface area contributed by atoms with Gasteiger partial charge in [0.1, 0.15) is 22.2 Å². The summed E-state index contributed by atoms with van der Waals surface area (Å²) in [5.41, 5.74) is 5.74. The largest absolute Gasteiger partial charge is 0.456 e. The van der Waals surface area contributed by atoms with E-state index in [-0.39, 0.29) is 22.1 Å². The molecule has 0 saturated heterocycles. The van der Waals surface area contributed by atoms with Crippen LogP contribution in [-0.4, -0.2) is 8.42 Å². The van der Waals surface area contributed by atoms with E-state index >= 15 is 0 Å². The average Bonchev–Trinajstić information content (AvgIpc) is 2.30. The molecule has 0 amide bonds. The fourth-order valence-corrected chi connectivity index (χ4v) is 2.18. The van der Waals surface area contributed by atoms with Gasteiger partial charge in [-0.1, -0.05) is 6.07 Å². The number of hydrogen-bond acceptors (Lipinski definition) is 4. The van der Waals surface area contributed by atoms with E-state index in [9.17, 15) is 12.8 Å². The molecule has 2 rings (SSSR count). The van der Waals surface area contributed by atoms with Gasteiger partial charge in [0.15, 0.2) is 0 Å². The summed E-state index contributed by atoms with van der Waals surface area (Å²) in [5.74, 6) is -0.345. The first kappa shape index (κ1) is 13.3. The molecule has 2 aromatic carbocycles. The van der Waals surface area contributed by atoms with Gasteiger partial charge in [0.25, 0.3) is 0 Å². The van der Waals surface area contributed by atoms with E-state index in [1.165, 1.54) is 36.4 Å². The minimum Gasteiger partial charge on any atom is -0.456 e. The Bertz CT molecular complexity index is 717. The van der Waals surface area contributed by atoms with Gasteiger partial charge < -0.3 is 10.5 Å². The molecular weight excluding hydrogens is 271 g/mol. The normalized spacial score (nSPS) is 11.3. The van der Waals surface area contributed by atoms with Crippen LogP contribution >= 0.6 is 0 Å². The number of benzene rings is 2. The van der Waals surface area contributed by atoms with Crippen molar-refractivity contribution in [3.05, 3.63) is 48.3 Å². The Morgan fingerprint density at radius 2 is 1.84 bits per heavy atom. The third kappa shape index (κ3) is 3.21. The zero-order chi connectivity index (χ0) is 14.0. The van der Waals surface area contributed by atoms with Gasteiger partial charge in [-0.05, 0) is 30.3 Å². The topological polar surface area (TPSA) is 95.4 Å². The van der Waals surface area contributed by atoms with Crippen LogP contribution in [0.1, 0.15) is 0 Å². The Balaban J connectivity index is 2.46. The molecule has 0 fully saturated rings. The minimum absolute atomic E-state index is 0.0118. The van der Waals surface area contributed by atoms with Gasteiger partial charge in [0.05, 0.1) is 0 Å². The lowest BCUT2D eigenvalue weighted by atomic mass is 10.3. The molecule has 7 heteroatoms. The number of sulfonamides is 1. The fraction of sp³-hybridized carbons (Fsp3) is 0. The van der Waals surface area contributed by atoms with Crippen molar-refractivity contribution in [2.24, 2.45) is 5.14 Å². The number of ether oxygens (including phenoxy) is 1. The first-order chi connectivity index (χ1) is 8.86. The Labute approximate surface area is 109 Å². The molecule has 0 aliphatic rings. The number of halogens is 1. The monoisotopic (exact) mass is 282 g/mol. The number of rotatable bonds is 3. The van der Waals surface area contributed by atoms with Gasteiger partial charge in [-0.15, -0.1) is 0 Å². The molecule has 0 aliphatic carbocycles. The standard InChI is InChI=1S/C12H11FN2O3S/c13-8-2-1-3-10(6-8)18-11-5-4-9(14)7-12(11)19(15,16)17/h1-7H,14H2,(H2,15,16,17). The number of nitrogens with two attached hydrogens (primary N) is 2. The van der Waals surface area contributed by atoms with Crippen LogP contribution in [0.2, 0.25) is 0 Å². The molecule has 0 spiro atoms. The summed E-state index contributed by atoms with van der Waals surface area (Å²) in [4.78, 5) is -0.253. The zero-order valence-corrected chi connectivity index (χ0v) is 10.5. The average molecular weight is 282 g/mol. The minimum atomic E-state index is -3.98. The van der Waals surface area contributed by atoms with E-state index in [4.69, 9.17) is 15.6 Å².